The lowest BCUT2D eigenvalue weighted by molar-refractivity contribution is 0.379. The Bertz CT molecular complexity index is 766. The van der Waals surface area contributed by atoms with Crippen LogP contribution in [0.3, 0.4) is 0 Å². The van der Waals surface area contributed by atoms with E-state index in [0.717, 1.165) is 22.9 Å². The van der Waals surface area contributed by atoms with Crippen LogP contribution in [0.5, 0.6) is 0 Å². The monoisotopic (exact) mass is 318 g/mol. The van der Waals surface area contributed by atoms with Gasteiger partial charge in [0, 0.05) is 17.8 Å². The van der Waals surface area contributed by atoms with Crippen LogP contribution in [0, 0.1) is 0 Å². The van der Waals surface area contributed by atoms with E-state index < -0.39 is 0 Å². The van der Waals surface area contributed by atoms with Gasteiger partial charge in [-0.2, -0.15) is 26.4 Å². The second-order valence-electron chi connectivity index (χ2n) is 5.21. The van der Waals surface area contributed by atoms with Crippen LogP contribution in [-0.4, -0.2) is 31.0 Å². The molecule has 3 heterocycles. The van der Waals surface area contributed by atoms with E-state index >= 15 is 0 Å². The normalized spacial score (nSPS) is 11.5. The van der Waals surface area contributed by atoms with E-state index in [1.807, 2.05) is 18.4 Å². The van der Waals surface area contributed by atoms with Crippen molar-refractivity contribution in [2.45, 2.75) is 32.1 Å². The molecule has 0 aliphatic carbocycles. The maximum atomic E-state index is 5.23. The second-order valence-corrected chi connectivity index (χ2v) is 6.08. The third kappa shape index (κ3) is 3.06. The standard InChI is InChI=1S/C14H18N6OS/c1-9(2)10-6-13(20-12(17-10)4-5-16-20)15-7-14-18-11(8-22-3)19-21-14/h4-6,9,15H,7-8H2,1-3H3. The minimum Gasteiger partial charge on any atom is -0.361 e. The number of hydrogen-bond acceptors (Lipinski definition) is 7. The zero-order chi connectivity index (χ0) is 15.5. The predicted octanol–water partition coefficient (Wildman–Crippen LogP) is 2.71. The topological polar surface area (TPSA) is 81.1 Å². The Balaban J connectivity index is 1.81. The lowest BCUT2D eigenvalue weighted by atomic mass is 10.1. The zero-order valence-electron chi connectivity index (χ0n) is 12.8. The molecule has 0 saturated carbocycles. The highest BCUT2D eigenvalue weighted by atomic mass is 32.2. The van der Waals surface area contributed by atoms with Crippen molar-refractivity contribution in [3.05, 3.63) is 35.7 Å². The smallest absolute Gasteiger partial charge is 0.246 e. The van der Waals surface area contributed by atoms with Crippen LogP contribution in [0.1, 0.15) is 37.2 Å². The number of rotatable bonds is 6. The van der Waals surface area contributed by atoms with Gasteiger partial charge in [-0.15, -0.1) is 0 Å². The van der Waals surface area contributed by atoms with Gasteiger partial charge in [-0.25, -0.2) is 4.98 Å². The van der Waals surface area contributed by atoms with Crippen LogP contribution >= 0.6 is 11.8 Å². The molecule has 0 amide bonds. The van der Waals surface area contributed by atoms with Crippen molar-refractivity contribution in [2.75, 3.05) is 11.6 Å². The number of nitrogens with one attached hydrogen (secondary N) is 1. The highest BCUT2D eigenvalue weighted by molar-refractivity contribution is 7.97. The SMILES string of the molecule is CSCc1noc(CNc2cc(C(C)C)nc3ccnn23)n1. The van der Waals surface area contributed by atoms with Gasteiger partial charge in [-0.05, 0) is 12.2 Å². The fourth-order valence-electron chi connectivity index (χ4n) is 2.07. The first-order valence-corrected chi connectivity index (χ1v) is 8.45. The number of anilines is 1. The van der Waals surface area contributed by atoms with Crippen LogP contribution in [0.25, 0.3) is 5.65 Å². The first-order valence-electron chi connectivity index (χ1n) is 7.06. The molecule has 0 atom stereocenters. The van der Waals surface area contributed by atoms with Crippen molar-refractivity contribution in [1.82, 2.24) is 24.7 Å². The van der Waals surface area contributed by atoms with Gasteiger partial charge in [0.05, 0.1) is 18.5 Å². The van der Waals surface area contributed by atoms with Crippen molar-refractivity contribution in [3.63, 3.8) is 0 Å². The summed E-state index contributed by atoms with van der Waals surface area (Å²) in [5.74, 6) is 3.23. The Morgan fingerprint density at radius 2 is 2.23 bits per heavy atom. The lowest BCUT2D eigenvalue weighted by Crippen LogP contribution is -2.08. The number of fused-ring (bicyclic) bond motifs is 1. The summed E-state index contributed by atoms with van der Waals surface area (Å²) in [6.07, 6.45) is 3.74. The molecule has 0 radical (unpaired) electrons. The van der Waals surface area contributed by atoms with E-state index in [4.69, 9.17) is 4.52 Å². The van der Waals surface area contributed by atoms with Crippen molar-refractivity contribution >= 4 is 23.2 Å². The molecular weight excluding hydrogens is 300 g/mol. The van der Waals surface area contributed by atoms with Crippen molar-refractivity contribution in [2.24, 2.45) is 0 Å². The first kappa shape index (κ1) is 14.8. The molecule has 3 aromatic rings. The Morgan fingerprint density at radius 3 is 3.00 bits per heavy atom. The molecule has 0 aliphatic rings. The number of hydrogen-bond donors (Lipinski definition) is 1. The molecule has 0 spiro atoms. The number of aromatic nitrogens is 5. The van der Waals surface area contributed by atoms with Crippen molar-refractivity contribution < 1.29 is 4.52 Å². The van der Waals surface area contributed by atoms with E-state index in [1.165, 1.54) is 0 Å². The molecule has 8 heteroatoms. The van der Waals surface area contributed by atoms with Gasteiger partial charge in [-0.1, -0.05) is 19.0 Å². The number of thioether (sulfide) groups is 1. The largest absolute Gasteiger partial charge is 0.361 e. The highest BCUT2D eigenvalue weighted by Gasteiger charge is 2.11. The fraction of sp³-hybridized carbons (Fsp3) is 0.429. The van der Waals surface area contributed by atoms with E-state index in [9.17, 15) is 0 Å². The van der Waals surface area contributed by atoms with Crippen molar-refractivity contribution in [1.29, 1.82) is 0 Å². The van der Waals surface area contributed by atoms with Crippen LogP contribution in [0.4, 0.5) is 5.82 Å². The summed E-state index contributed by atoms with van der Waals surface area (Å²) in [5.41, 5.74) is 1.84. The molecule has 3 rings (SSSR count). The Kier molecular flexibility index (Phi) is 4.28. The summed E-state index contributed by atoms with van der Waals surface area (Å²) < 4.78 is 7.00. The molecule has 0 aromatic carbocycles. The highest BCUT2D eigenvalue weighted by Crippen LogP contribution is 2.19. The van der Waals surface area contributed by atoms with E-state index in [-0.39, 0.29) is 0 Å². The first-order chi connectivity index (χ1) is 10.7. The molecule has 1 N–H and O–H groups in total. The summed E-state index contributed by atoms with van der Waals surface area (Å²) in [6, 6.07) is 3.89. The van der Waals surface area contributed by atoms with Gasteiger partial charge >= 0.3 is 0 Å². The average molecular weight is 318 g/mol. The lowest BCUT2D eigenvalue weighted by Gasteiger charge is -2.10. The summed E-state index contributed by atoms with van der Waals surface area (Å²) in [4.78, 5) is 8.92. The molecule has 0 aliphatic heterocycles. The predicted molar refractivity (Wildman–Crippen MR) is 85.9 cm³/mol. The maximum Gasteiger partial charge on any atom is 0.246 e. The Hall–Kier alpha value is -2.09. The van der Waals surface area contributed by atoms with Gasteiger partial charge in [0.2, 0.25) is 5.89 Å². The third-order valence-corrected chi connectivity index (χ3v) is 3.72. The molecule has 0 fully saturated rings. The van der Waals surface area contributed by atoms with Crippen LogP contribution in [-0.2, 0) is 12.3 Å². The Morgan fingerprint density at radius 1 is 1.36 bits per heavy atom. The minimum absolute atomic E-state index is 0.344. The van der Waals surface area contributed by atoms with Crippen LogP contribution < -0.4 is 5.32 Å². The molecular formula is C14H18N6OS. The van der Waals surface area contributed by atoms with Gasteiger partial charge in [0.15, 0.2) is 11.5 Å². The van der Waals surface area contributed by atoms with E-state index in [1.54, 1.807) is 22.5 Å². The minimum atomic E-state index is 0.344. The summed E-state index contributed by atoms with van der Waals surface area (Å²) in [6.45, 7) is 4.69. The fourth-order valence-corrected chi connectivity index (χ4v) is 2.45. The van der Waals surface area contributed by atoms with Gasteiger partial charge in [0.25, 0.3) is 0 Å². The molecule has 22 heavy (non-hydrogen) atoms. The molecule has 7 nitrogen and oxygen atoms in total. The third-order valence-electron chi connectivity index (χ3n) is 3.18. The average Bonchev–Trinajstić information content (AvgIpc) is 3.13. The molecule has 0 bridgehead atoms. The van der Waals surface area contributed by atoms with Gasteiger partial charge in [-0.3, -0.25) is 0 Å². The molecule has 0 unspecified atom stereocenters. The summed E-state index contributed by atoms with van der Waals surface area (Å²) >= 11 is 1.66. The Labute approximate surface area is 132 Å². The van der Waals surface area contributed by atoms with Crippen LogP contribution in [0.15, 0.2) is 22.9 Å². The van der Waals surface area contributed by atoms with Crippen molar-refractivity contribution in [3.8, 4) is 0 Å². The second kappa shape index (κ2) is 6.35. The molecule has 3 aromatic heterocycles. The number of nitrogens with zero attached hydrogens (tertiary/aromatic N) is 5. The van der Waals surface area contributed by atoms with Gasteiger partial charge < -0.3 is 9.84 Å². The van der Waals surface area contributed by atoms with Crippen LogP contribution in [0.2, 0.25) is 0 Å². The zero-order valence-corrected chi connectivity index (χ0v) is 13.6. The quantitative estimate of drug-likeness (QED) is 0.748. The van der Waals surface area contributed by atoms with Gasteiger partial charge in [0.1, 0.15) is 5.82 Å². The molecule has 116 valence electrons. The summed E-state index contributed by atoms with van der Waals surface area (Å²) in [7, 11) is 0. The summed E-state index contributed by atoms with van der Waals surface area (Å²) in [5, 5.41) is 11.5. The maximum absolute atomic E-state index is 5.23. The van der Waals surface area contributed by atoms with E-state index in [2.05, 4.69) is 39.4 Å². The molecule has 0 saturated heterocycles. The van der Waals surface area contributed by atoms with E-state index in [0.29, 0.717) is 24.2 Å².